The Hall–Kier alpha value is -0.910. The van der Waals surface area contributed by atoms with Crippen LogP contribution in [0.2, 0.25) is 0 Å². The number of nitrogens with one attached hydrogen (secondary N) is 1. The van der Waals surface area contributed by atoms with Gasteiger partial charge in [0, 0.05) is 35.6 Å². The molecule has 0 amide bonds. The molecule has 1 saturated carbocycles. The highest BCUT2D eigenvalue weighted by molar-refractivity contribution is 7.15. The van der Waals surface area contributed by atoms with E-state index >= 15 is 0 Å². The molecule has 1 unspecified atom stereocenters. The predicted molar refractivity (Wildman–Crippen MR) is 83.1 cm³/mol. The summed E-state index contributed by atoms with van der Waals surface area (Å²) in [4.78, 5) is 9.53. The van der Waals surface area contributed by atoms with Crippen LogP contribution in [0.5, 0.6) is 0 Å². The summed E-state index contributed by atoms with van der Waals surface area (Å²) in [5.41, 5.74) is 0. The molecule has 0 radical (unpaired) electrons. The lowest BCUT2D eigenvalue weighted by Crippen LogP contribution is -2.20. The van der Waals surface area contributed by atoms with Crippen LogP contribution in [0, 0.1) is 0 Å². The second-order valence-electron chi connectivity index (χ2n) is 5.07. The average Bonchev–Trinajstić information content (AvgIpc) is 2.94. The fourth-order valence-electron chi connectivity index (χ4n) is 1.96. The Labute approximate surface area is 122 Å². The summed E-state index contributed by atoms with van der Waals surface area (Å²) in [5, 5.41) is 6.77. The summed E-state index contributed by atoms with van der Waals surface area (Å²) in [7, 11) is 2.13. The fraction of sp³-hybridized carbons (Fsp3) is 0.500. The van der Waals surface area contributed by atoms with Crippen molar-refractivity contribution in [3.63, 3.8) is 0 Å². The van der Waals surface area contributed by atoms with Crippen LogP contribution in [0.1, 0.15) is 35.6 Å². The zero-order chi connectivity index (χ0) is 13.2. The van der Waals surface area contributed by atoms with E-state index < -0.39 is 0 Å². The van der Waals surface area contributed by atoms with E-state index in [1.54, 1.807) is 22.7 Å². The summed E-state index contributed by atoms with van der Waals surface area (Å²) in [6.07, 6.45) is 4.68. The summed E-state index contributed by atoms with van der Waals surface area (Å²) >= 11 is 3.60. The van der Waals surface area contributed by atoms with Crippen molar-refractivity contribution in [1.29, 1.82) is 0 Å². The van der Waals surface area contributed by atoms with Crippen molar-refractivity contribution >= 4 is 27.8 Å². The highest BCUT2D eigenvalue weighted by atomic mass is 32.1. The normalized spacial score (nSPS) is 16.5. The fourth-order valence-corrected chi connectivity index (χ4v) is 3.69. The van der Waals surface area contributed by atoms with E-state index in [-0.39, 0.29) is 0 Å². The molecule has 19 heavy (non-hydrogen) atoms. The van der Waals surface area contributed by atoms with Gasteiger partial charge in [0.15, 0.2) is 5.13 Å². The van der Waals surface area contributed by atoms with E-state index in [0.29, 0.717) is 6.04 Å². The van der Waals surface area contributed by atoms with Gasteiger partial charge >= 0.3 is 0 Å². The highest BCUT2D eigenvalue weighted by Gasteiger charge is 2.21. The molecule has 0 aliphatic heterocycles. The molecular weight excluding hydrogens is 274 g/mol. The van der Waals surface area contributed by atoms with Gasteiger partial charge in [-0.2, -0.15) is 0 Å². The minimum absolute atomic E-state index is 0.385. The number of hydrogen-bond donors (Lipinski definition) is 1. The van der Waals surface area contributed by atoms with Crippen molar-refractivity contribution in [3.05, 3.63) is 33.5 Å². The second-order valence-corrected chi connectivity index (χ2v) is 7.14. The first kappa shape index (κ1) is 13.1. The number of rotatable bonds is 6. The average molecular weight is 293 g/mol. The van der Waals surface area contributed by atoms with Gasteiger partial charge in [-0.25, -0.2) is 4.98 Å². The molecule has 3 rings (SSSR count). The van der Waals surface area contributed by atoms with Crippen molar-refractivity contribution in [2.45, 2.75) is 38.4 Å². The maximum Gasteiger partial charge on any atom is 0.185 e. The lowest BCUT2D eigenvalue weighted by molar-refractivity contribution is 0.694. The zero-order valence-corrected chi connectivity index (χ0v) is 12.9. The number of nitrogens with zero attached hydrogens (tertiary/aromatic N) is 2. The largest absolute Gasteiger partial charge is 0.344 e. The lowest BCUT2D eigenvalue weighted by atomic mass is 10.2. The van der Waals surface area contributed by atoms with Crippen LogP contribution < -0.4 is 10.2 Å². The molecule has 2 heterocycles. The number of thiazole rings is 1. The van der Waals surface area contributed by atoms with Gasteiger partial charge < -0.3 is 10.2 Å². The Balaban J connectivity index is 1.63. The Morgan fingerprint density at radius 2 is 2.37 bits per heavy atom. The number of hydrogen-bond acceptors (Lipinski definition) is 5. The maximum absolute atomic E-state index is 4.55. The van der Waals surface area contributed by atoms with Gasteiger partial charge in [0.1, 0.15) is 0 Å². The van der Waals surface area contributed by atoms with Gasteiger partial charge in [0.25, 0.3) is 0 Å². The second kappa shape index (κ2) is 5.61. The van der Waals surface area contributed by atoms with Crippen LogP contribution in [0.3, 0.4) is 0 Å². The van der Waals surface area contributed by atoms with Crippen LogP contribution in [-0.4, -0.2) is 18.1 Å². The molecule has 5 heteroatoms. The predicted octanol–water partition coefficient (Wildman–Crippen LogP) is 3.65. The van der Waals surface area contributed by atoms with Gasteiger partial charge in [0.2, 0.25) is 0 Å². The first-order valence-electron chi connectivity index (χ1n) is 6.68. The molecule has 1 aliphatic carbocycles. The molecule has 2 aromatic heterocycles. The van der Waals surface area contributed by atoms with Crippen LogP contribution in [0.25, 0.3) is 0 Å². The smallest absolute Gasteiger partial charge is 0.185 e. The minimum atomic E-state index is 0.385. The number of aromatic nitrogens is 1. The van der Waals surface area contributed by atoms with Gasteiger partial charge in [-0.15, -0.1) is 22.7 Å². The summed E-state index contributed by atoms with van der Waals surface area (Å²) in [5.74, 6) is 0. The van der Waals surface area contributed by atoms with E-state index in [1.165, 1.54) is 22.6 Å². The van der Waals surface area contributed by atoms with Gasteiger partial charge in [-0.05, 0) is 31.2 Å². The molecule has 1 N–H and O–H groups in total. The Kier molecular flexibility index (Phi) is 3.86. The van der Waals surface area contributed by atoms with Gasteiger partial charge in [-0.1, -0.05) is 6.07 Å². The lowest BCUT2D eigenvalue weighted by Gasteiger charge is -2.23. The van der Waals surface area contributed by atoms with Crippen molar-refractivity contribution in [3.8, 4) is 0 Å². The SMILES string of the molecule is CC(c1cccs1)N(C)c1ncc(CNC2CC2)s1. The molecule has 1 fully saturated rings. The third-order valence-corrected chi connectivity index (χ3v) is 5.65. The van der Waals surface area contributed by atoms with E-state index in [0.717, 1.165) is 17.7 Å². The molecule has 0 bridgehead atoms. The van der Waals surface area contributed by atoms with E-state index in [1.807, 2.05) is 6.20 Å². The Morgan fingerprint density at radius 3 is 3.05 bits per heavy atom. The molecule has 1 atom stereocenters. The molecule has 0 spiro atoms. The Bertz CT molecular complexity index is 517. The first-order chi connectivity index (χ1) is 9.24. The van der Waals surface area contributed by atoms with E-state index in [4.69, 9.17) is 0 Å². The molecular formula is C14H19N3S2. The number of thiophene rings is 1. The molecule has 1 aliphatic rings. The van der Waals surface area contributed by atoms with E-state index in [2.05, 4.69) is 46.7 Å². The third-order valence-electron chi connectivity index (χ3n) is 3.52. The molecule has 3 nitrogen and oxygen atoms in total. The number of anilines is 1. The monoisotopic (exact) mass is 293 g/mol. The standard InChI is InChI=1S/C14H19N3S2/c1-10(13-4-3-7-18-13)17(2)14-16-9-12(19-14)8-15-11-5-6-11/h3-4,7,9-11,15H,5-6,8H2,1-2H3. The zero-order valence-electron chi connectivity index (χ0n) is 11.3. The van der Waals surface area contributed by atoms with Crippen molar-refractivity contribution in [2.24, 2.45) is 0 Å². The van der Waals surface area contributed by atoms with Crippen molar-refractivity contribution < 1.29 is 0 Å². The van der Waals surface area contributed by atoms with Crippen LogP contribution in [0.4, 0.5) is 5.13 Å². The molecule has 2 aromatic rings. The van der Waals surface area contributed by atoms with Gasteiger partial charge in [-0.3, -0.25) is 0 Å². The minimum Gasteiger partial charge on any atom is -0.344 e. The molecule has 102 valence electrons. The Morgan fingerprint density at radius 1 is 1.53 bits per heavy atom. The molecule has 0 aromatic carbocycles. The third kappa shape index (κ3) is 3.16. The quantitative estimate of drug-likeness (QED) is 0.881. The van der Waals surface area contributed by atoms with E-state index in [9.17, 15) is 0 Å². The maximum atomic E-state index is 4.55. The summed E-state index contributed by atoms with van der Waals surface area (Å²) in [6, 6.07) is 5.44. The van der Waals surface area contributed by atoms with Crippen molar-refractivity contribution in [1.82, 2.24) is 10.3 Å². The van der Waals surface area contributed by atoms with Gasteiger partial charge in [0.05, 0.1) is 6.04 Å². The summed E-state index contributed by atoms with van der Waals surface area (Å²) < 4.78 is 0. The summed E-state index contributed by atoms with van der Waals surface area (Å²) in [6.45, 7) is 3.19. The first-order valence-corrected chi connectivity index (χ1v) is 8.38. The van der Waals surface area contributed by atoms with Crippen LogP contribution in [-0.2, 0) is 6.54 Å². The topological polar surface area (TPSA) is 28.2 Å². The van der Waals surface area contributed by atoms with Crippen LogP contribution in [0.15, 0.2) is 23.7 Å². The molecule has 0 saturated heterocycles. The van der Waals surface area contributed by atoms with Crippen molar-refractivity contribution in [2.75, 3.05) is 11.9 Å². The highest BCUT2D eigenvalue weighted by Crippen LogP contribution is 2.31. The van der Waals surface area contributed by atoms with Crippen LogP contribution >= 0.6 is 22.7 Å².